The lowest BCUT2D eigenvalue weighted by Crippen LogP contribution is -2.15. The average Bonchev–Trinajstić information content (AvgIpc) is 3.31. The smallest absolute Gasteiger partial charge is 0.279 e. The molecule has 0 unspecified atom stereocenters. The second-order valence-electron chi connectivity index (χ2n) is 5.64. The van der Waals surface area contributed by atoms with Crippen LogP contribution in [0.25, 0.3) is 11.3 Å². The Morgan fingerprint density at radius 1 is 1.19 bits per heavy atom. The van der Waals surface area contributed by atoms with E-state index in [4.69, 9.17) is 14.0 Å². The minimum Gasteiger partial charge on any atom is -0.486 e. The molecule has 2 aromatic heterocycles. The molecule has 1 aromatic carbocycles. The van der Waals surface area contributed by atoms with Crippen molar-refractivity contribution in [3.8, 4) is 22.8 Å². The van der Waals surface area contributed by atoms with E-state index < -0.39 is 5.91 Å². The number of aromatic nitrogens is 3. The first kappa shape index (κ1) is 16.5. The Hall–Kier alpha value is -2.94. The van der Waals surface area contributed by atoms with Gasteiger partial charge in [0.1, 0.15) is 18.2 Å². The number of hydrogen-bond donors (Lipinski definition) is 1. The summed E-state index contributed by atoms with van der Waals surface area (Å²) in [6.45, 7) is 3.10. The van der Waals surface area contributed by atoms with Crippen molar-refractivity contribution in [3.05, 3.63) is 35.0 Å². The molecule has 1 N–H and O–H groups in total. The number of carbonyl (C=O) groups is 1. The molecule has 0 spiro atoms. The van der Waals surface area contributed by atoms with Crippen LogP contribution in [0.5, 0.6) is 11.5 Å². The number of benzene rings is 1. The van der Waals surface area contributed by atoms with Crippen molar-refractivity contribution in [2.24, 2.45) is 0 Å². The summed E-state index contributed by atoms with van der Waals surface area (Å²) in [6, 6.07) is 7.02. The number of carbonyl (C=O) groups excluding carboxylic acids is 1. The highest BCUT2D eigenvalue weighted by Gasteiger charge is 2.18. The zero-order chi connectivity index (χ0) is 17.9. The SMILES string of the molecule is CCCc1nnc(NC(=O)c2cc(-c3ccc4c(c3)OCCO4)on2)s1. The van der Waals surface area contributed by atoms with Gasteiger partial charge in [0.05, 0.1) is 0 Å². The topological polar surface area (TPSA) is 99.4 Å². The highest BCUT2D eigenvalue weighted by molar-refractivity contribution is 7.15. The van der Waals surface area contributed by atoms with Gasteiger partial charge < -0.3 is 14.0 Å². The van der Waals surface area contributed by atoms with E-state index in [1.807, 2.05) is 12.1 Å². The molecule has 0 aliphatic carbocycles. The lowest BCUT2D eigenvalue weighted by atomic mass is 10.1. The fourth-order valence-corrected chi connectivity index (χ4v) is 3.33. The lowest BCUT2D eigenvalue weighted by molar-refractivity contribution is 0.101. The summed E-state index contributed by atoms with van der Waals surface area (Å²) < 4.78 is 16.4. The van der Waals surface area contributed by atoms with E-state index >= 15 is 0 Å². The lowest BCUT2D eigenvalue weighted by Gasteiger charge is -2.18. The van der Waals surface area contributed by atoms with Crippen molar-refractivity contribution in [2.45, 2.75) is 19.8 Å². The summed E-state index contributed by atoms with van der Waals surface area (Å²) in [5, 5.41) is 15.9. The number of ether oxygens (including phenoxy) is 2. The molecule has 0 saturated heterocycles. The van der Waals surface area contributed by atoms with Crippen molar-refractivity contribution in [1.29, 1.82) is 0 Å². The van der Waals surface area contributed by atoms with Crippen molar-refractivity contribution in [2.75, 3.05) is 18.5 Å². The van der Waals surface area contributed by atoms with Crippen LogP contribution in [0.1, 0.15) is 28.8 Å². The van der Waals surface area contributed by atoms with E-state index in [1.54, 1.807) is 12.1 Å². The highest BCUT2D eigenvalue weighted by Crippen LogP contribution is 2.34. The third-order valence-corrected chi connectivity index (χ3v) is 4.62. The Balaban J connectivity index is 1.49. The molecule has 4 rings (SSSR count). The number of aryl methyl sites for hydroxylation is 1. The standard InChI is InChI=1S/C17H16N4O4S/c1-2-3-15-19-20-17(26-15)18-16(22)11-9-13(25-21-11)10-4-5-12-14(8-10)24-7-6-23-12/h4-5,8-9H,2-3,6-7H2,1H3,(H,18,20,22). The first-order valence-corrected chi connectivity index (χ1v) is 9.05. The van der Waals surface area contributed by atoms with Crippen molar-refractivity contribution in [3.63, 3.8) is 0 Å². The van der Waals surface area contributed by atoms with Crippen LogP contribution in [0.3, 0.4) is 0 Å². The van der Waals surface area contributed by atoms with Crippen molar-refractivity contribution < 1.29 is 18.8 Å². The fourth-order valence-electron chi connectivity index (χ4n) is 2.50. The van der Waals surface area contributed by atoms with Gasteiger partial charge in [-0.1, -0.05) is 23.4 Å². The van der Waals surface area contributed by atoms with E-state index in [2.05, 4.69) is 27.6 Å². The van der Waals surface area contributed by atoms with E-state index in [0.717, 1.165) is 23.4 Å². The zero-order valence-corrected chi connectivity index (χ0v) is 14.8. The molecule has 26 heavy (non-hydrogen) atoms. The van der Waals surface area contributed by atoms with Crippen LogP contribution in [0, 0.1) is 0 Å². The fraction of sp³-hybridized carbons (Fsp3) is 0.294. The molecular weight excluding hydrogens is 356 g/mol. The normalized spacial score (nSPS) is 12.8. The molecule has 8 nitrogen and oxygen atoms in total. The molecule has 1 amide bonds. The summed E-state index contributed by atoms with van der Waals surface area (Å²) in [5.74, 6) is 1.41. The molecule has 3 heterocycles. The van der Waals surface area contributed by atoms with Gasteiger partial charge in [-0.25, -0.2) is 0 Å². The number of fused-ring (bicyclic) bond motifs is 1. The van der Waals surface area contributed by atoms with E-state index in [9.17, 15) is 4.79 Å². The molecule has 0 saturated carbocycles. The van der Waals surface area contributed by atoms with Gasteiger partial charge in [0.2, 0.25) is 5.13 Å². The maximum absolute atomic E-state index is 12.3. The average molecular weight is 372 g/mol. The molecule has 0 atom stereocenters. The molecular formula is C17H16N4O4S. The maximum Gasteiger partial charge on any atom is 0.279 e. The number of rotatable bonds is 5. The summed E-state index contributed by atoms with van der Waals surface area (Å²) >= 11 is 1.36. The Labute approximate surface area is 153 Å². The van der Waals surface area contributed by atoms with Gasteiger partial charge in [-0.05, 0) is 24.6 Å². The maximum atomic E-state index is 12.3. The van der Waals surface area contributed by atoms with Gasteiger partial charge in [0, 0.05) is 18.1 Å². The van der Waals surface area contributed by atoms with Crippen LogP contribution in [-0.2, 0) is 6.42 Å². The number of anilines is 1. The molecule has 1 aliphatic heterocycles. The Morgan fingerprint density at radius 3 is 2.88 bits per heavy atom. The van der Waals surface area contributed by atoms with E-state index in [0.29, 0.717) is 35.6 Å². The van der Waals surface area contributed by atoms with Gasteiger partial charge in [-0.15, -0.1) is 10.2 Å². The monoisotopic (exact) mass is 372 g/mol. The first-order chi connectivity index (χ1) is 12.7. The minimum atomic E-state index is -0.392. The summed E-state index contributed by atoms with van der Waals surface area (Å²) in [5.41, 5.74) is 0.920. The molecule has 3 aromatic rings. The number of nitrogens with zero attached hydrogens (tertiary/aromatic N) is 3. The van der Waals surface area contributed by atoms with Gasteiger partial charge in [-0.3, -0.25) is 10.1 Å². The number of hydrogen-bond acceptors (Lipinski definition) is 8. The van der Waals surface area contributed by atoms with Gasteiger partial charge in [-0.2, -0.15) is 0 Å². The quantitative estimate of drug-likeness (QED) is 0.734. The Kier molecular flexibility index (Phi) is 4.53. The molecule has 0 fully saturated rings. The molecule has 0 bridgehead atoms. The van der Waals surface area contributed by atoms with E-state index in [-0.39, 0.29) is 5.69 Å². The van der Waals surface area contributed by atoms with Crippen molar-refractivity contribution >= 4 is 22.4 Å². The van der Waals surface area contributed by atoms with Crippen LogP contribution in [0.2, 0.25) is 0 Å². The molecule has 1 aliphatic rings. The molecule has 0 radical (unpaired) electrons. The zero-order valence-electron chi connectivity index (χ0n) is 14.0. The second-order valence-corrected chi connectivity index (χ2v) is 6.70. The number of nitrogens with one attached hydrogen (secondary N) is 1. The predicted molar refractivity (Wildman–Crippen MR) is 94.8 cm³/mol. The van der Waals surface area contributed by atoms with Gasteiger partial charge in [0.15, 0.2) is 23.0 Å². The first-order valence-electron chi connectivity index (χ1n) is 8.23. The van der Waals surface area contributed by atoms with Crippen LogP contribution in [0.4, 0.5) is 5.13 Å². The molecule has 9 heteroatoms. The minimum absolute atomic E-state index is 0.169. The molecule has 134 valence electrons. The highest BCUT2D eigenvalue weighted by atomic mass is 32.1. The van der Waals surface area contributed by atoms with Crippen molar-refractivity contribution in [1.82, 2.24) is 15.4 Å². The predicted octanol–water partition coefficient (Wildman–Crippen LogP) is 3.17. The summed E-state index contributed by atoms with van der Waals surface area (Å²) in [7, 11) is 0. The third kappa shape index (κ3) is 3.38. The number of amides is 1. The summed E-state index contributed by atoms with van der Waals surface area (Å²) in [4.78, 5) is 12.3. The largest absolute Gasteiger partial charge is 0.486 e. The summed E-state index contributed by atoms with van der Waals surface area (Å²) in [6.07, 6.45) is 1.82. The van der Waals surface area contributed by atoms with E-state index in [1.165, 1.54) is 11.3 Å². The Morgan fingerprint density at radius 2 is 2.04 bits per heavy atom. The van der Waals surface area contributed by atoms with Gasteiger partial charge in [0.25, 0.3) is 5.91 Å². The van der Waals surface area contributed by atoms with Crippen LogP contribution < -0.4 is 14.8 Å². The second kappa shape index (κ2) is 7.12. The Bertz CT molecular complexity index is 936. The van der Waals surface area contributed by atoms with Crippen LogP contribution in [-0.4, -0.2) is 34.5 Å². The third-order valence-electron chi connectivity index (χ3n) is 3.72. The van der Waals surface area contributed by atoms with Gasteiger partial charge >= 0.3 is 0 Å². The van der Waals surface area contributed by atoms with Crippen LogP contribution >= 0.6 is 11.3 Å². The van der Waals surface area contributed by atoms with Crippen LogP contribution in [0.15, 0.2) is 28.8 Å².